The summed E-state index contributed by atoms with van der Waals surface area (Å²) in [6.45, 7) is 2.92. The lowest BCUT2D eigenvalue weighted by molar-refractivity contribution is 0.109. The van der Waals surface area contributed by atoms with Crippen LogP contribution in [0.4, 0.5) is 5.69 Å². The van der Waals surface area contributed by atoms with Gasteiger partial charge in [0.2, 0.25) is 0 Å². The number of nitrogens with zero attached hydrogens (tertiary/aromatic N) is 2. The van der Waals surface area contributed by atoms with Crippen molar-refractivity contribution >= 4 is 11.3 Å². The Kier molecular flexibility index (Phi) is 3.07. The van der Waals surface area contributed by atoms with Gasteiger partial charge < -0.3 is 20.6 Å². The van der Waals surface area contributed by atoms with Gasteiger partial charge in [-0.1, -0.05) is 0 Å². The molecule has 1 atom stereocenters. The first kappa shape index (κ1) is 10.9. The van der Waals surface area contributed by atoms with E-state index >= 15 is 0 Å². The van der Waals surface area contributed by atoms with Crippen LogP contribution in [0.1, 0.15) is 12.6 Å². The maximum Gasteiger partial charge on any atom is 0.137 e. The average Bonchev–Trinajstić information content (AvgIpc) is 2.58. The van der Waals surface area contributed by atoms with Crippen molar-refractivity contribution in [3.63, 3.8) is 0 Å². The molecule has 5 nitrogen and oxygen atoms in total. The molecule has 0 amide bonds. The lowest BCUT2D eigenvalue weighted by Gasteiger charge is -2.04. The third kappa shape index (κ3) is 2.50. The normalized spacial score (nSPS) is 13.1. The first-order chi connectivity index (χ1) is 7.65. The quantitative estimate of drug-likeness (QED) is 0.798. The van der Waals surface area contributed by atoms with Crippen LogP contribution in [0.25, 0.3) is 5.65 Å². The number of anilines is 1. The molecule has 16 heavy (non-hydrogen) atoms. The second kappa shape index (κ2) is 4.51. The van der Waals surface area contributed by atoms with E-state index < -0.39 is 0 Å². The number of aromatic nitrogens is 2. The molecule has 0 aliphatic rings. The SMILES string of the molecule is C[C@@H](N)COCc1cn2cc(N)ccc2n1. The molecule has 0 spiro atoms. The molecule has 0 saturated carbocycles. The molecular weight excluding hydrogens is 204 g/mol. The number of pyridine rings is 1. The average molecular weight is 220 g/mol. The molecule has 0 unspecified atom stereocenters. The molecule has 5 heteroatoms. The van der Waals surface area contributed by atoms with Crippen LogP contribution in [0.3, 0.4) is 0 Å². The van der Waals surface area contributed by atoms with E-state index in [1.54, 1.807) is 0 Å². The molecule has 0 fully saturated rings. The first-order valence-electron chi connectivity index (χ1n) is 5.21. The summed E-state index contributed by atoms with van der Waals surface area (Å²) in [7, 11) is 0. The van der Waals surface area contributed by atoms with Crippen molar-refractivity contribution in [3.8, 4) is 0 Å². The van der Waals surface area contributed by atoms with E-state index in [-0.39, 0.29) is 6.04 Å². The van der Waals surface area contributed by atoms with Crippen LogP contribution in [0.5, 0.6) is 0 Å². The van der Waals surface area contributed by atoms with E-state index in [1.807, 2.05) is 35.9 Å². The smallest absolute Gasteiger partial charge is 0.137 e. The van der Waals surface area contributed by atoms with Crippen LogP contribution >= 0.6 is 0 Å². The predicted octanol–water partition coefficient (Wildman–Crippen LogP) is 0.780. The highest BCUT2D eigenvalue weighted by molar-refractivity contribution is 5.47. The third-order valence-electron chi connectivity index (χ3n) is 2.15. The van der Waals surface area contributed by atoms with E-state index in [1.165, 1.54) is 0 Å². The monoisotopic (exact) mass is 220 g/mol. The second-order valence-corrected chi connectivity index (χ2v) is 3.95. The van der Waals surface area contributed by atoms with Crippen molar-refractivity contribution in [2.45, 2.75) is 19.6 Å². The highest BCUT2D eigenvalue weighted by atomic mass is 16.5. The van der Waals surface area contributed by atoms with Crippen LogP contribution in [-0.4, -0.2) is 22.0 Å². The van der Waals surface area contributed by atoms with Crippen LogP contribution in [0.2, 0.25) is 0 Å². The molecule has 2 heterocycles. The summed E-state index contributed by atoms with van der Waals surface area (Å²) in [5.74, 6) is 0. The Morgan fingerprint density at radius 3 is 3.00 bits per heavy atom. The van der Waals surface area contributed by atoms with Gasteiger partial charge in [-0.05, 0) is 19.1 Å². The molecule has 0 radical (unpaired) electrons. The summed E-state index contributed by atoms with van der Waals surface area (Å²) in [6, 6.07) is 3.76. The molecule has 2 rings (SSSR count). The molecule has 0 saturated heterocycles. The number of ether oxygens (including phenoxy) is 1. The third-order valence-corrected chi connectivity index (χ3v) is 2.15. The minimum Gasteiger partial charge on any atom is -0.398 e. The van der Waals surface area contributed by atoms with Crippen molar-refractivity contribution in [2.75, 3.05) is 12.3 Å². The number of nitrogens with two attached hydrogens (primary N) is 2. The van der Waals surface area contributed by atoms with Gasteiger partial charge in [-0.15, -0.1) is 0 Å². The molecule has 2 aromatic heterocycles. The Labute approximate surface area is 94.0 Å². The van der Waals surface area contributed by atoms with Crippen molar-refractivity contribution in [1.82, 2.24) is 9.38 Å². The fraction of sp³-hybridized carbons (Fsp3) is 0.364. The fourth-order valence-electron chi connectivity index (χ4n) is 1.48. The van der Waals surface area contributed by atoms with E-state index in [9.17, 15) is 0 Å². The lowest BCUT2D eigenvalue weighted by atomic mass is 10.4. The summed E-state index contributed by atoms with van der Waals surface area (Å²) in [6.07, 6.45) is 3.74. The predicted molar refractivity (Wildman–Crippen MR) is 62.9 cm³/mol. The maximum atomic E-state index is 5.68. The van der Waals surface area contributed by atoms with Crippen molar-refractivity contribution < 1.29 is 4.74 Å². The maximum absolute atomic E-state index is 5.68. The Bertz CT molecular complexity index is 478. The van der Waals surface area contributed by atoms with Crippen molar-refractivity contribution in [3.05, 3.63) is 30.2 Å². The lowest BCUT2D eigenvalue weighted by Crippen LogP contribution is -2.21. The Morgan fingerprint density at radius 1 is 1.44 bits per heavy atom. The standard InChI is InChI=1S/C11H16N4O/c1-8(12)6-16-7-10-5-15-4-9(13)2-3-11(15)14-10/h2-5,8H,6-7,12-13H2,1H3/t8-/m1/s1. The minimum atomic E-state index is 0.0488. The summed E-state index contributed by atoms with van der Waals surface area (Å²) >= 11 is 0. The van der Waals surface area contributed by atoms with Crippen molar-refractivity contribution in [2.24, 2.45) is 5.73 Å². The number of rotatable bonds is 4. The van der Waals surface area contributed by atoms with Gasteiger partial charge in [0.05, 0.1) is 18.9 Å². The molecule has 0 bridgehead atoms. The van der Waals surface area contributed by atoms with Gasteiger partial charge in [0, 0.05) is 24.1 Å². The number of hydrogen-bond donors (Lipinski definition) is 2. The van der Waals surface area contributed by atoms with Gasteiger partial charge in [-0.2, -0.15) is 0 Å². The van der Waals surface area contributed by atoms with Crippen LogP contribution in [0, 0.1) is 0 Å². The molecule has 86 valence electrons. The molecule has 2 aromatic rings. The number of nitrogen functional groups attached to an aromatic ring is 1. The highest BCUT2D eigenvalue weighted by Gasteiger charge is 2.02. The van der Waals surface area contributed by atoms with E-state index in [0.29, 0.717) is 18.9 Å². The molecular formula is C11H16N4O. The van der Waals surface area contributed by atoms with Crippen LogP contribution in [0.15, 0.2) is 24.5 Å². The van der Waals surface area contributed by atoms with Gasteiger partial charge in [-0.25, -0.2) is 4.98 Å². The first-order valence-corrected chi connectivity index (χ1v) is 5.21. The Balaban J connectivity index is 2.08. The highest BCUT2D eigenvalue weighted by Crippen LogP contribution is 2.09. The second-order valence-electron chi connectivity index (χ2n) is 3.95. The zero-order valence-electron chi connectivity index (χ0n) is 9.26. The van der Waals surface area contributed by atoms with E-state index in [0.717, 1.165) is 11.3 Å². The zero-order valence-corrected chi connectivity index (χ0v) is 9.26. The van der Waals surface area contributed by atoms with Gasteiger partial charge >= 0.3 is 0 Å². The Hall–Kier alpha value is -1.59. The van der Waals surface area contributed by atoms with Gasteiger partial charge in [0.25, 0.3) is 0 Å². The number of imidazole rings is 1. The number of fused-ring (bicyclic) bond motifs is 1. The zero-order chi connectivity index (χ0) is 11.5. The molecule has 0 aliphatic carbocycles. The minimum absolute atomic E-state index is 0.0488. The van der Waals surface area contributed by atoms with E-state index in [2.05, 4.69) is 4.98 Å². The van der Waals surface area contributed by atoms with E-state index in [4.69, 9.17) is 16.2 Å². The largest absolute Gasteiger partial charge is 0.398 e. The van der Waals surface area contributed by atoms with Crippen LogP contribution < -0.4 is 11.5 Å². The summed E-state index contributed by atoms with van der Waals surface area (Å²) in [4.78, 5) is 4.39. The van der Waals surface area contributed by atoms with Crippen molar-refractivity contribution in [1.29, 1.82) is 0 Å². The summed E-state index contributed by atoms with van der Waals surface area (Å²) in [5, 5.41) is 0. The molecule has 4 N–H and O–H groups in total. The Morgan fingerprint density at radius 2 is 2.25 bits per heavy atom. The fourth-order valence-corrected chi connectivity index (χ4v) is 1.48. The molecule has 0 aliphatic heterocycles. The molecule has 0 aromatic carbocycles. The topological polar surface area (TPSA) is 78.6 Å². The summed E-state index contributed by atoms with van der Waals surface area (Å²) in [5.41, 5.74) is 13.7. The van der Waals surface area contributed by atoms with Gasteiger partial charge in [0.15, 0.2) is 0 Å². The van der Waals surface area contributed by atoms with Gasteiger partial charge in [0.1, 0.15) is 5.65 Å². The summed E-state index contributed by atoms with van der Waals surface area (Å²) < 4.78 is 7.30. The van der Waals surface area contributed by atoms with Gasteiger partial charge in [-0.3, -0.25) is 0 Å². The number of hydrogen-bond acceptors (Lipinski definition) is 4. The van der Waals surface area contributed by atoms with Crippen LogP contribution in [-0.2, 0) is 11.3 Å².